The zero-order valence-corrected chi connectivity index (χ0v) is 18.1. The quantitative estimate of drug-likeness (QED) is 0.303. The fourth-order valence-electron chi connectivity index (χ4n) is 3.22. The van der Waals surface area contributed by atoms with Crippen molar-refractivity contribution in [3.05, 3.63) is 83.5 Å². The highest BCUT2D eigenvalue weighted by Gasteiger charge is 2.21. The maximum absolute atomic E-state index is 13.1. The van der Waals surface area contributed by atoms with Gasteiger partial charge in [-0.05, 0) is 37.3 Å². The summed E-state index contributed by atoms with van der Waals surface area (Å²) >= 11 is 3.21. The molecule has 3 aromatic heterocycles. The first kappa shape index (κ1) is 19.6. The van der Waals surface area contributed by atoms with E-state index in [0.717, 1.165) is 26.5 Å². The van der Waals surface area contributed by atoms with Crippen LogP contribution in [-0.4, -0.2) is 15.9 Å². The van der Waals surface area contributed by atoms with Crippen molar-refractivity contribution in [3.63, 3.8) is 0 Å². The van der Waals surface area contributed by atoms with Crippen molar-refractivity contribution in [3.8, 4) is 11.3 Å². The molecule has 6 nitrogen and oxygen atoms in total. The van der Waals surface area contributed by atoms with Gasteiger partial charge in [-0.2, -0.15) is 0 Å². The second-order valence-corrected chi connectivity index (χ2v) is 8.93. The Bertz CT molecular complexity index is 1340. The number of rotatable bonds is 6. The molecule has 8 heteroatoms. The lowest BCUT2D eigenvalue weighted by Gasteiger charge is -2.06. The van der Waals surface area contributed by atoms with E-state index in [9.17, 15) is 4.79 Å². The number of anilines is 1. The summed E-state index contributed by atoms with van der Waals surface area (Å²) in [6.07, 6.45) is 3.04. The average Bonchev–Trinajstić information content (AvgIpc) is 3.53. The third-order valence-electron chi connectivity index (χ3n) is 4.70. The predicted molar refractivity (Wildman–Crippen MR) is 123 cm³/mol. The lowest BCUT2D eigenvalue weighted by Crippen LogP contribution is -2.12. The van der Waals surface area contributed by atoms with Crippen molar-refractivity contribution < 1.29 is 13.6 Å². The molecule has 0 aliphatic carbocycles. The maximum Gasteiger partial charge on any atom is 0.291 e. The Morgan fingerprint density at radius 1 is 1.16 bits per heavy atom. The van der Waals surface area contributed by atoms with E-state index >= 15 is 0 Å². The van der Waals surface area contributed by atoms with Crippen LogP contribution in [0.1, 0.15) is 21.8 Å². The number of amides is 1. The number of thioether (sulfide) groups is 1. The van der Waals surface area contributed by atoms with E-state index in [-0.39, 0.29) is 5.91 Å². The van der Waals surface area contributed by atoms with E-state index in [1.807, 2.05) is 60.8 Å². The zero-order valence-electron chi connectivity index (χ0n) is 16.5. The highest BCUT2D eigenvalue weighted by atomic mass is 32.2. The van der Waals surface area contributed by atoms with Gasteiger partial charge in [-0.15, -0.1) is 11.3 Å². The smallest absolute Gasteiger partial charge is 0.291 e. The van der Waals surface area contributed by atoms with Gasteiger partial charge < -0.3 is 14.2 Å². The third-order valence-corrected chi connectivity index (χ3v) is 6.87. The number of fused-ring (bicyclic) bond motifs is 1. The van der Waals surface area contributed by atoms with Crippen LogP contribution in [-0.2, 0) is 5.75 Å². The van der Waals surface area contributed by atoms with Crippen molar-refractivity contribution in [2.24, 2.45) is 0 Å². The number of furan rings is 1. The van der Waals surface area contributed by atoms with Gasteiger partial charge in [0.1, 0.15) is 9.92 Å². The molecule has 0 aliphatic heterocycles. The lowest BCUT2D eigenvalue weighted by atomic mass is 10.1. The molecular formula is C23H17N3O3S2. The summed E-state index contributed by atoms with van der Waals surface area (Å²) in [7, 11) is 0. The SMILES string of the molecule is Cc1csc(SCc2c(C(=O)Nc3ccc(-c4cnco4)cc3)oc3ccccc23)n1. The normalized spacial score (nSPS) is 11.1. The summed E-state index contributed by atoms with van der Waals surface area (Å²) in [5.74, 6) is 1.31. The standard InChI is InChI=1S/C23H17N3O3S2/c1-14-11-30-23(25-14)31-12-18-17-4-2-3-5-19(17)29-21(18)22(27)26-16-8-6-15(7-9-16)20-10-24-13-28-20/h2-11,13H,12H2,1H3,(H,26,27). The van der Waals surface area contributed by atoms with E-state index in [0.29, 0.717) is 28.5 Å². The number of benzene rings is 2. The Hall–Kier alpha value is -3.36. The van der Waals surface area contributed by atoms with Crippen LogP contribution in [0.2, 0.25) is 0 Å². The van der Waals surface area contributed by atoms with Crippen LogP contribution in [0.5, 0.6) is 0 Å². The van der Waals surface area contributed by atoms with Gasteiger partial charge in [-0.3, -0.25) is 4.79 Å². The molecule has 5 rings (SSSR count). The number of hydrogen-bond donors (Lipinski definition) is 1. The van der Waals surface area contributed by atoms with Crippen molar-refractivity contribution >= 4 is 45.7 Å². The highest BCUT2D eigenvalue weighted by Crippen LogP contribution is 2.33. The maximum atomic E-state index is 13.1. The molecule has 1 N–H and O–H groups in total. The Labute approximate surface area is 186 Å². The molecule has 0 aliphatic rings. The van der Waals surface area contributed by atoms with Gasteiger partial charge in [0.05, 0.1) is 6.20 Å². The largest absolute Gasteiger partial charge is 0.451 e. The van der Waals surface area contributed by atoms with Crippen molar-refractivity contribution in [2.45, 2.75) is 17.0 Å². The molecule has 0 saturated heterocycles. The summed E-state index contributed by atoms with van der Waals surface area (Å²) in [6, 6.07) is 15.1. The van der Waals surface area contributed by atoms with E-state index in [4.69, 9.17) is 8.83 Å². The monoisotopic (exact) mass is 447 g/mol. The van der Waals surface area contributed by atoms with E-state index in [1.165, 1.54) is 6.39 Å². The number of aryl methyl sites for hydroxylation is 1. The van der Waals surface area contributed by atoms with Crippen molar-refractivity contribution in [1.82, 2.24) is 9.97 Å². The molecule has 154 valence electrons. The Morgan fingerprint density at radius 2 is 2.00 bits per heavy atom. The van der Waals surface area contributed by atoms with Gasteiger partial charge in [0.25, 0.3) is 5.91 Å². The average molecular weight is 448 g/mol. The first-order valence-corrected chi connectivity index (χ1v) is 11.4. The first-order valence-electron chi connectivity index (χ1n) is 9.53. The minimum absolute atomic E-state index is 0.283. The van der Waals surface area contributed by atoms with Gasteiger partial charge in [-0.1, -0.05) is 30.0 Å². The highest BCUT2D eigenvalue weighted by molar-refractivity contribution is 8.00. The molecule has 2 aromatic carbocycles. The number of nitrogens with zero attached hydrogens (tertiary/aromatic N) is 2. The van der Waals surface area contributed by atoms with Crippen LogP contribution in [0.15, 0.2) is 79.7 Å². The van der Waals surface area contributed by atoms with Crippen LogP contribution in [0, 0.1) is 6.92 Å². The molecule has 31 heavy (non-hydrogen) atoms. The fourth-order valence-corrected chi connectivity index (χ4v) is 5.10. The zero-order chi connectivity index (χ0) is 21.2. The Morgan fingerprint density at radius 3 is 2.74 bits per heavy atom. The van der Waals surface area contributed by atoms with Crippen LogP contribution in [0.4, 0.5) is 5.69 Å². The fraction of sp³-hybridized carbons (Fsp3) is 0.0870. The number of carbonyl (C=O) groups excluding carboxylic acids is 1. The number of hydrogen-bond acceptors (Lipinski definition) is 7. The molecule has 0 bridgehead atoms. The molecule has 3 heterocycles. The molecule has 0 saturated carbocycles. The number of oxazole rings is 1. The first-order chi connectivity index (χ1) is 15.2. The lowest BCUT2D eigenvalue weighted by molar-refractivity contribution is 0.0998. The predicted octanol–water partition coefficient (Wildman–Crippen LogP) is 6.40. The summed E-state index contributed by atoms with van der Waals surface area (Å²) in [6.45, 7) is 1.97. The van der Waals surface area contributed by atoms with Crippen LogP contribution >= 0.6 is 23.1 Å². The molecular weight excluding hydrogens is 430 g/mol. The molecule has 0 atom stereocenters. The molecule has 0 unspecified atom stereocenters. The number of aromatic nitrogens is 2. The number of thiazole rings is 1. The number of nitrogens with one attached hydrogen (secondary N) is 1. The van der Waals surface area contributed by atoms with Gasteiger partial charge in [0.15, 0.2) is 17.9 Å². The van der Waals surface area contributed by atoms with Gasteiger partial charge >= 0.3 is 0 Å². The Balaban J connectivity index is 1.40. The second kappa shape index (κ2) is 8.41. The van der Waals surface area contributed by atoms with Crippen LogP contribution < -0.4 is 5.32 Å². The van der Waals surface area contributed by atoms with Gasteiger partial charge in [0, 0.05) is 39.0 Å². The van der Waals surface area contributed by atoms with Gasteiger partial charge in [0.2, 0.25) is 0 Å². The number of carbonyl (C=O) groups is 1. The minimum Gasteiger partial charge on any atom is -0.451 e. The second-order valence-electron chi connectivity index (χ2n) is 6.85. The summed E-state index contributed by atoms with van der Waals surface area (Å²) in [5, 5.41) is 5.89. The third kappa shape index (κ3) is 4.12. The van der Waals surface area contributed by atoms with Crippen LogP contribution in [0.3, 0.4) is 0 Å². The molecule has 0 fully saturated rings. The van der Waals surface area contributed by atoms with Gasteiger partial charge in [-0.25, -0.2) is 9.97 Å². The minimum atomic E-state index is -0.283. The Kier molecular flexibility index (Phi) is 5.31. The van der Waals surface area contributed by atoms with Crippen molar-refractivity contribution in [1.29, 1.82) is 0 Å². The summed E-state index contributed by atoms with van der Waals surface area (Å²) in [4.78, 5) is 21.5. The topological polar surface area (TPSA) is 81.2 Å². The van der Waals surface area contributed by atoms with E-state index < -0.39 is 0 Å². The van der Waals surface area contributed by atoms with E-state index in [1.54, 1.807) is 29.3 Å². The molecule has 5 aromatic rings. The number of para-hydroxylation sites is 1. The summed E-state index contributed by atoms with van der Waals surface area (Å²) < 4.78 is 12.2. The molecule has 0 radical (unpaired) electrons. The molecule has 0 spiro atoms. The molecule has 1 amide bonds. The summed E-state index contributed by atoms with van der Waals surface area (Å²) in [5.41, 5.74) is 4.11. The van der Waals surface area contributed by atoms with Crippen molar-refractivity contribution in [2.75, 3.05) is 5.32 Å². The van der Waals surface area contributed by atoms with Crippen LogP contribution in [0.25, 0.3) is 22.3 Å². The van der Waals surface area contributed by atoms with E-state index in [2.05, 4.69) is 15.3 Å².